The van der Waals surface area contributed by atoms with Crippen LogP contribution in [0.15, 0.2) is 94.7 Å². The minimum absolute atomic E-state index is 0.185. The molecule has 0 unspecified atom stereocenters. The Bertz CT molecular complexity index is 1600. The molecule has 0 bridgehead atoms. The number of imide groups is 1. The Kier molecular flexibility index (Phi) is 6.25. The molecular formula is C29H23N3O4S2. The maximum absolute atomic E-state index is 13.8. The highest BCUT2D eigenvalue weighted by molar-refractivity contribution is 8.00. The van der Waals surface area contributed by atoms with Gasteiger partial charge in [0.15, 0.2) is 0 Å². The Morgan fingerprint density at radius 1 is 0.868 bits per heavy atom. The molecule has 3 aromatic carbocycles. The monoisotopic (exact) mass is 541 g/mol. The first-order valence-corrected chi connectivity index (χ1v) is 13.9. The van der Waals surface area contributed by atoms with Crippen molar-refractivity contribution in [2.45, 2.75) is 29.7 Å². The molecule has 3 amide bonds. The van der Waals surface area contributed by atoms with Crippen LogP contribution >= 0.6 is 23.1 Å². The number of aromatic nitrogens is 1. The molecule has 0 saturated carbocycles. The van der Waals surface area contributed by atoms with Crippen molar-refractivity contribution in [3.63, 3.8) is 0 Å². The van der Waals surface area contributed by atoms with Gasteiger partial charge in [-0.3, -0.25) is 23.7 Å². The summed E-state index contributed by atoms with van der Waals surface area (Å²) in [7, 11) is 0. The number of rotatable bonds is 5. The second-order valence-corrected chi connectivity index (χ2v) is 11.5. The van der Waals surface area contributed by atoms with Crippen LogP contribution in [0.3, 0.4) is 0 Å². The number of anilines is 2. The van der Waals surface area contributed by atoms with Gasteiger partial charge in [-0.2, -0.15) is 0 Å². The van der Waals surface area contributed by atoms with Gasteiger partial charge < -0.3 is 5.32 Å². The van der Waals surface area contributed by atoms with E-state index in [2.05, 4.69) is 5.32 Å². The van der Waals surface area contributed by atoms with Gasteiger partial charge in [0.25, 0.3) is 0 Å². The fraction of sp³-hybridized carbons (Fsp3) is 0.172. The van der Waals surface area contributed by atoms with Crippen molar-refractivity contribution in [2.75, 3.05) is 10.2 Å². The first kappa shape index (κ1) is 24.4. The number of thiazole rings is 1. The summed E-state index contributed by atoms with van der Waals surface area (Å²) >= 11 is 2.26. The third kappa shape index (κ3) is 4.17. The number of carbonyl (C=O) groups excluding carboxylic acids is 3. The third-order valence-corrected chi connectivity index (χ3v) is 9.46. The van der Waals surface area contributed by atoms with Gasteiger partial charge >= 0.3 is 4.87 Å². The first-order valence-electron chi connectivity index (χ1n) is 12.2. The minimum atomic E-state index is -0.709. The summed E-state index contributed by atoms with van der Waals surface area (Å²) < 4.78 is 1.43. The molecule has 3 heterocycles. The normalized spacial score (nSPS) is 20.2. The van der Waals surface area contributed by atoms with Crippen LogP contribution in [0.1, 0.15) is 21.9 Å². The van der Waals surface area contributed by atoms with Crippen molar-refractivity contribution >= 4 is 52.2 Å². The molecule has 7 nitrogen and oxygen atoms in total. The number of thioether (sulfide) groups is 1. The molecule has 0 radical (unpaired) electrons. The zero-order valence-electron chi connectivity index (χ0n) is 20.4. The molecule has 2 aliphatic heterocycles. The minimum Gasteiger partial charge on any atom is -0.325 e. The van der Waals surface area contributed by atoms with Gasteiger partial charge in [-0.05, 0) is 36.8 Å². The summed E-state index contributed by atoms with van der Waals surface area (Å²) in [6, 6.07) is 25.9. The summed E-state index contributed by atoms with van der Waals surface area (Å²) in [5.41, 5.74) is 3.06. The lowest BCUT2D eigenvalue weighted by Crippen LogP contribution is -2.33. The van der Waals surface area contributed by atoms with Crippen LogP contribution in [0.25, 0.3) is 0 Å². The standard InChI is InChI=1S/C29H23N3O4S2/c1-17-12-14-20(15-13-17)32-26(34)23-22(18-8-4-2-5-9-18)25-28(37-24(23)27(32)35)31(29(36)38-25)16-21(33)30-19-10-6-3-7-11-19/h2-15,22-24H,16H2,1H3,(H,30,33)/t22-,23-,24+/m0/s1. The number of nitrogens with zero attached hydrogens (tertiary/aromatic N) is 2. The van der Waals surface area contributed by atoms with Crippen LogP contribution in [0.2, 0.25) is 0 Å². The number of nitrogens with one attached hydrogen (secondary N) is 1. The summed E-state index contributed by atoms with van der Waals surface area (Å²) in [4.78, 5) is 55.3. The predicted molar refractivity (Wildman–Crippen MR) is 149 cm³/mol. The van der Waals surface area contributed by atoms with Crippen LogP contribution in [0.5, 0.6) is 0 Å². The molecule has 1 N–H and O–H groups in total. The molecule has 9 heteroatoms. The quantitative estimate of drug-likeness (QED) is 0.372. The van der Waals surface area contributed by atoms with Gasteiger partial charge in [0.2, 0.25) is 17.7 Å². The maximum atomic E-state index is 13.8. The number of aryl methyl sites for hydroxylation is 1. The van der Waals surface area contributed by atoms with Crippen LogP contribution in [-0.4, -0.2) is 27.5 Å². The number of amides is 3. The molecule has 190 valence electrons. The second-order valence-electron chi connectivity index (χ2n) is 9.34. The fourth-order valence-corrected chi connectivity index (χ4v) is 7.86. The molecule has 38 heavy (non-hydrogen) atoms. The highest BCUT2D eigenvalue weighted by Gasteiger charge is 2.56. The summed E-state index contributed by atoms with van der Waals surface area (Å²) in [6.07, 6.45) is 0. The average molecular weight is 542 g/mol. The van der Waals surface area contributed by atoms with E-state index in [-0.39, 0.29) is 29.1 Å². The van der Waals surface area contributed by atoms with Crippen molar-refractivity contribution in [1.29, 1.82) is 0 Å². The van der Waals surface area contributed by atoms with Crippen LogP contribution in [-0.2, 0) is 20.9 Å². The largest absolute Gasteiger partial charge is 0.325 e. The van der Waals surface area contributed by atoms with E-state index >= 15 is 0 Å². The van der Waals surface area contributed by atoms with Gasteiger partial charge in [-0.25, -0.2) is 4.90 Å². The van der Waals surface area contributed by atoms with Gasteiger partial charge in [-0.15, -0.1) is 0 Å². The van der Waals surface area contributed by atoms with E-state index in [0.29, 0.717) is 21.3 Å². The van der Waals surface area contributed by atoms with E-state index in [1.54, 1.807) is 24.3 Å². The van der Waals surface area contributed by atoms with E-state index in [1.807, 2.05) is 67.6 Å². The van der Waals surface area contributed by atoms with E-state index in [0.717, 1.165) is 22.5 Å². The number of benzene rings is 3. The maximum Gasteiger partial charge on any atom is 0.308 e. The topological polar surface area (TPSA) is 88.5 Å². The Morgan fingerprint density at radius 2 is 1.53 bits per heavy atom. The summed E-state index contributed by atoms with van der Waals surface area (Å²) in [5.74, 6) is -2.05. The zero-order chi connectivity index (χ0) is 26.4. The molecule has 0 aliphatic carbocycles. The Balaban J connectivity index is 1.41. The SMILES string of the molecule is Cc1ccc(N2C(=O)[C@H]3[C@H](c4ccccc4)c4sc(=O)n(CC(=O)Nc5ccccc5)c4S[C@H]3C2=O)cc1. The second kappa shape index (κ2) is 9.74. The fourth-order valence-electron chi connectivity index (χ4n) is 5.09. The van der Waals surface area contributed by atoms with Crippen molar-refractivity contribution in [2.24, 2.45) is 5.92 Å². The molecule has 6 rings (SSSR count). The van der Waals surface area contributed by atoms with E-state index in [9.17, 15) is 19.2 Å². The number of hydrogen-bond acceptors (Lipinski definition) is 6. The first-order chi connectivity index (χ1) is 18.4. The van der Waals surface area contributed by atoms with Gasteiger partial charge in [0.05, 0.1) is 16.6 Å². The van der Waals surface area contributed by atoms with E-state index in [4.69, 9.17) is 0 Å². The zero-order valence-corrected chi connectivity index (χ0v) is 22.0. The lowest BCUT2D eigenvalue weighted by atomic mass is 9.83. The van der Waals surface area contributed by atoms with Crippen molar-refractivity contribution in [1.82, 2.24) is 4.57 Å². The van der Waals surface area contributed by atoms with Gasteiger partial charge in [-0.1, -0.05) is 89.3 Å². The molecule has 1 aromatic heterocycles. The lowest BCUT2D eigenvalue weighted by Gasteiger charge is -2.30. The lowest BCUT2D eigenvalue weighted by molar-refractivity contribution is -0.122. The molecule has 0 spiro atoms. The third-order valence-electron chi connectivity index (χ3n) is 6.86. The van der Waals surface area contributed by atoms with Crippen molar-refractivity contribution in [3.8, 4) is 0 Å². The smallest absolute Gasteiger partial charge is 0.308 e. The van der Waals surface area contributed by atoms with Gasteiger partial charge in [0, 0.05) is 16.5 Å². The van der Waals surface area contributed by atoms with Gasteiger partial charge in [0.1, 0.15) is 11.8 Å². The van der Waals surface area contributed by atoms with E-state index < -0.39 is 17.1 Å². The Hall–Kier alpha value is -3.95. The van der Waals surface area contributed by atoms with Crippen LogP contribution < -0.4 is 15.1 Å². The number of hydrogen-bond donors (Lipinski definition) is 1. The van der Waals surface area contributed by atoms with Crippen molar-refractivity contribution in [3.05, 3.63) is 111 Å². The molecule has 4 aromatic rings. The average Bonchev–Trinajstić information content (AvgIpc) is 3.36. The number of fused-ring (bicyclic) bond motifs is 2. The predicted octanol–water partition coefficient (Wildman–Crippen LogP) is 4.65. The Morgan fingerprint density at radius 3 is 2.21 bits per heavy atom. The van der Waals surface area contributed by atoms with Crippen LogP contribution in [0.4, 0.5) is 11.4 Å². The molecular weight excluding hydrogens is 518 g/mol. The summed E-state index contributed by atoms with van der Waals surface area (Å²) in [5, 5.41) is 2.68. The Labute approximate surface area is 227 Å². The van der Waals surface area contributed by atoms with Crippen LogP contribution in [0, 0.1) is 12.8 Å². The molecule has 1 fully saturated rings. The highest BCUT2D eigenvalue weighted by atomic mass is 32.2. The number of carbonyl (C=O) groups is 3. The molecule has 1 saturated heterocycles. The van der Waals surface area contributed by atoms with Crippen molar-refractivity contribution < 1.29 is 14.4 Å². The molecule has 3 atom stereocenters. The number of para-hydroxylation sites is 1. The van der Waals surface area contributed by atoms with E-state index in [1.165, 1.54) is 21.2 Å². The highest BCUT2D eigenvalue weighted by Crippen LogP contribution is 2.53. The molecule has 2 aliphatic rings. The summed E-state index contributed by atoms with van der Waals surface area (Å²) in [6.45, 7) is 1.76.